The highest BCUT2D eigenvalue weighted by Crippen LogP contribution is 2.45. The lowest BCUT2D eigenvalue weighted by molar-refractivity contribution is 0.182. The summed E-state index contributed by atoms with van der Waals surface area (Å²) in [6.07, 6.45) is 5.48. The minimum atomic E-state index is -0.508. The fourth-order valence-corrected chi connectivity index (χ4v) is 3.19. The van der Waals surface area contributed by atoms with E-state index in [0.717, 1.165) is 36.8 Å². The Kier molecular flexibility index (Phi) is 4.81. The van der Waals surface area contributed by atoms with Crippen molar-refractivity contribution >= 4 is 17.7 Å². The number of ether oxygens (including phenoxy) is 2. The van der Waals surface area contributed by atoms with Gasteiger partial charge in [-0.1, -0.05) is 24.4 Å². The fourth-order valence-electron chi connectivity index (χ4n) is 2.95. The average molecular weight is 296 g/mol. The number of aliphatic imine (C=N–C) groups is 1. The molecule has 0 aromatic heterocycles. The number of benzene rings is 1. The highest BCUT2D eigenvalue weighted by Gasteiger charge is 2.38. The molecule has 4 nitrogen and oxygen atoms in total. The summed E-state index contributed by atoms with van der Waals surface area (Å²) in [6, 6.07) is 3.71. The van der Waals surface area contributed by atoms with E-state index in [9.17, 15) is 4.79 Å². The summed E-state index contributed by atoms with van der Waals surface area (Å²) in [5.41, 5.74) is 1.39. The van der Waals surface area contributed by atoms with E-state index in [0.29, 0.717) is 17.4 Å². The molecule has 108 valence electrons. The van der Waals surface area contributed by atoms with E-state index in [2.05, 4.69) is 4.99 Å². The van der Waals surface area contributed by atoms with Gasteiger partial charge < -0.3 is 9.47 Å². The number of nitrogens with zero attached hydrogens (tertiary/aromatic N) is 1. The normalized spacial score (nSPS) is 16.8. The van der Waals surface area contributed by atoms with Gasteiger partial charge in [0, 0.05) is 7.11 Å². The molecule has 1 fully saturated rings. The van der Waals surface area contributed by atoms with E-state index in [1.54, 1.807) is 20.3 Å². The second-order valence-electron chi connectivity index (χ2n) is 5.02. The molecule has 1 aliphatic rings. The van der Waals surface area contributed by atoms with Gasteiger partial charge in [0.2, 0.25) is 6.08 Å². The van der Waals surface area contributed by atoms with Crippen LogP contribution in [0.25, 0.3) is 0 Å². The van der Waals surface area contributed by atoms with E-state index >= 15 is 0 Å². The predicted molar refractivity (Wildman–Crippen MR) is 77.0 cm³/mol. The van der Waals surface area contributed by atoms with Crippen molar-refractivity contribution in [3.05, 3.63) is 28.3 Å². The number of methoxy groups -OCH3 is 2. The van der Waals surface area contributed by atoms with E-state index in [1.807, 2.05) is 12.1 Å². The maximum absolute atomic E-state index is 10.8. The molecule has 0 bridgehead atoms. The number of isocyanates is 1. The zero-order valence-corrected chi connectivity index (χ0v) is 12.5. The van der Waals surface area contributed by atoms with Crippen LogP contribution in [0.1, 0.15) is 36.8 Å². The van der Waals surface area contributed by atoms with Crippen LogP contribution in [0.4, 0.5) is 0 Å². The first kappa shape index (κ1) is 15.0. The smallest absolute Gasteiger partial charge is 0.235 e. The number of halogens is 1. The topological polar surface area (TPSA) is 47.9 Å². The van der Waals surface area contributed by atoms with Crippen LogP contribution < -0.4 is 4.74 Å². The van der Waals surface area contributed by atoms with Crippen molar-refractivity contribution < 1.29 is 14.3 Å². The third-order valence-electron chi connectivity index (χ3n) is 3.87. The molecule has 0 N–H and O–H groups in total. The summed E-state index contributed by atoms with van der Waals surface area (Å²) in [6.45, 7) is 0.430. The third-order valence-corrected chi connectivity index (χ3v) is 4.16. The van der Waals surface area contributed by atoms with Crippen LogP contribution in [0.2, 0.25) is 5.02 Å². The van der Waals surface area contributed by atoms with Gasteiger partial charge >= 0.3 is 0 Å². The Morgan fingerprint density at radius 2 is 2.05 bits per heavy atom. The van der Waals surface area contributed by atoms with Crippen LogP contribution >= 0.6 is 11.6 Å². The summed E-state index contributed by atoms with van der Waals surface area (Å²) in [7, 11) is 3.21. The lowest BCUT2D eigenvalue weighted by Crippen LogP contribution is -2.21. The van der Waals surface area contributed by atoms with Crippen molar-refractivity contribution in [2.45, 2.75) is 37.8 Å². The van der Waals surface area contributed by atoms with Gasteiger partial charge in [-0.25, -0.2) is 4.79 Å². The molecule has 5 heteroatoms. The molecule has 2 rings (SSSR count). The molecule has 0 unspecified atom stereocenters. The summed E-state index contributed by atoms with van der Waals surface area (Å²) < 4.78 is 10.5. The predicted octanol–water partition coefficient (Wildman–Crippen LogP) is 3.60. The second-order valence-corrected chi connectivity index (χ2v) is 5.43. The first-order chi connectivity index (χ1) is 9.66. The van der Waals surface area contributed by atoms with Gasteiger partial charge in [-0.15, -0.1) is 0 Å². The Labute approximate surface area is 123 Å². The van der Waals surface area contributed by atoms with Crippen LogP contribution in [0.3, 0.4) is 0 Å². The molecule has 1 aromatic carbocycles. The largest absolute Gasteiger partial charge is 0.495 e. The first-order valence-electron chi connectivity index (χ1n) is 6.61. The molecule has 1 aromatic rings. The number of carbonyl (C=O) groups excluding carboxylic acids is 1. The van der Waals surface area contributed by atoms with Gasteiger partial charge in [-0.2, -0.15) is 4.99 Å². The van der Waals surface area contributed by atoms with E-state index in [-0.39, 0.29) is 0 Å². The molecule has 1 aliphatic carbocycles. The van der Waals surface area contributed by atoms with Crippen molar-refractivity contribution in [3.8, 4) is 5.75 Å². The van der Waals surface area contributed by atoms with Gasteiger partial charge in [0.05, 0.1) is 24.3 Å². The van der Waals surface area contributed by atoms with Crippen molar-refractivity contribution in [2.75, 3.05) is 14.2 Å². The molecule has 20 heavy (non-hydrogen) atoms. The molecule has 0 spiro atoms. The summed E-state index contributed by atoms with van der Waals surface area (Å²) >= 11 is 6.24. The highest BCUT2D eigenvalue weighted by atomic mass is 35.5. The average Bonchev–Trinajstić information content (AvgIpc) is 2.90. The Hall–Kier alpha value is -1.35. The van der Waals surface area contributed by atoms with Crippen LogP contribution in [-0.2, 0) is 21.7 Å². The maximum Gasteiger partial charge on any atom is 0.235 e. The fraction of sp³-hybridized carbons (Fsp3) is 0.533. The van der Waals surface area contributed by atoms with Crippen LogP contribution in [0.15, 0.2) is 17.1 Å². The molecule has 0 saturated heterocycles. The lowest BCUT2D eigenvalue weighted by atomic mass is 9.85. The Morgan fingerprint density at radius 3 is 2.60 bits per heavy atom. The summed E-state index contributed by atoms with van der Waals surface area (Å²) in [5.74, 6) is 0.602. The Morgan fingerprint density at radius 1 is 1.35 bits per heavy atom. The maximum atomic E-state index is 10.8. The minimum absolute atomic E-state index is 0.430. The van der Waals surface area contributed by atoms with Crippen LogP contribution in [0.5, 0.6) is 5.75 Å². The number of rotatable bonds is 5. The van der Waals surface area contributed by atoms with E-state index in [1.165, 1.54) is 0 Å². The SMILES string of the molecule is COCc1cc(OC)c(Cl)cc1C1(N=C=O)CCCC1. The first-order valence-corrected chi connectivity index (χ1v) is 6.99. The van der Waals surface area contributed by atoms with Crippen LogP contribution in [0, 0.1) is 0 Å². The summed E-state index contributed by atoms with van der Waals surface area (Å²) in [4.78, 5) is 14.9. The van der Waals surface area contributed by atoms with Gasteiger partial charge in [0.15, 0.2) is 0 Å². The third kappa shape index (κ3) is 2.73. The van der Waals surface area contributed by atoms with Gasteiger partial charge in [-0.05, 0) is 36.1 Å². The zero-order valence-electron chi connectivity index (χ0n) is 11.7. The van der Waals surface area contributed by atoms with Gasteiger partial charge in [0.1, 0.15) is 5.75 Å². The van der Waals surface area contributed by atoms with Gasteiger partial charge in [-0.3, -0.25) is 0 Å². The molecule has 0 amide bonds. The molecule has 0 heterocycles. The number of hydrogen-bond donors (Lipinski definition) is 0. The second kappa shape index (κ2) is 6.40. The molecular formula is C15H18ClNO3. The standard InChI is InChI=1S/C15H18ClNO3/c1-19-9-11-7-14(20-2)13(16)8-12(11)15(17-10-18)5-3-4-6-15/h7-8H,3-6,9H2,1-2H3. The van der Waals surface area contributed by atoms with Crippen molar-refractivity contribution in [1.82, 2.24) is 0 Å². The minimum Gasteiger partial charge on any atom is -0.495 e. The summed E-state index contributed by atoms with van der Waals surface area (Å²) in [5, 5.41) is 0.523. The van der Waals surface area contributed by atoms with E-state index in [4.69, 9.17) is 21.1 Å². The van der Waals surface area contributed by atoms with Crippen molar-refractivity contribution in [3.63, 3.8) is 0 Å². The van der Waals surface area contributed by atoms with Crippen molar-refractivity contribution in [1.29, 1.82) is 0 Å². The molecule has 0 radical (unpaired) electrons. The lowest BCUT2D eigenvalue weighted by Gasteiger charge is -2.26. The van der Waals surface area contributed by atoms with Crippen molar-refractivity contribution in [2.24, 2.45) is 4.99 Å². The monoisotopic (exact) mass is 295 g/mol. The Bertz CT molecular complexity index is 532. The highest BCUT2D eigenvalue weighted by molar-refractivity contribution is 6.32. The Balaban J connectivity index is 2.58. The number of hydrogen-bond acceptors (Lipinski definition) is 4. The zero-order chi connectivity index (χ0) is 14.6. The van der Waals surface area contributed by atoms with E-state index < -0.39 is 5.54 Å². The molecular weight excluding hydrogens is 278 g/mol. The molecule has 0 atom stereocenters. The molecule has 1 saturated carbocycles. The van der Waals surface area contributed by atoms with Crippen LogP contribution in [-0.4, -0.2) is 20.3 Å². The molecule has 0 aliphatic heterocycles. The quantitative estimate of drug-likeness (QED) is 0.616. The van der Waals surface area contributed by atoms with Gasteiger partial charge in [0.25, 0.3) is 0 Å².